The first-order valence-electron chi connectivity index (χ1n) is 9.02. The van der Waals surface area contributed by atoms with Crippen LogP contribution in [0.4, 0.5) is 10.5 Å². The minimum Gasteiger partial charge on any atom is -0.307 e. The van der Waals surface area contributed by atoms with Crippen molar-refractivity contribution in [1.29, 1.82) is 0 Å². The molecule has 1 aromatic carbocycles. The van der Waals surface area contributed by atoms with Crippen molar-refractivity contribution in [2.45, 2.75) is 70.6 Å². The highest BCUT2D eigenvalue weighted by Gasteiger charge is 2.05. The maximum atomic E-state index is 11.9. The third-order valence-corrected chi connectivity index (χ3v) is 4.28. The molecule has 0 radical (unpaired) electrons. The van der Waals surface area contributed by atoms with Gasteiger partial charge in [-0.3, -0.25) is 0 Å². The van der Waals surface area contributed by atoms with E-state index in [1.807, 2.05) is 30.3 Å². The number of benzene rings is 1. The molecule has 4 heteroatoms. The Balaban J connectivity index is 1.80. The van der Waals surface area contributed by atoms with Crippen molar-refractivity contribution in [3.8, 4) is 0 Å². The molecular formula is C19H29N3O. The molecule has 0 aromatic heterocycles. The third-order valence-electron chi connectivity index (χ3n) is 4.28. The molecule has 126 valence electrons. The number of para-hydroxylation sites is 1. The summed E-state index contributed by atoms with van der Waals surface area (Å²) in [4.78, 5) is 11.9. The quantitative estimate of drug-likeness (QED) is 0.699. The Morgan fingerprint density at radius 3 is 1.87 bits per heavy atom. The first kappa shape index (κ1) is 17.5. The van der Waals surface area contributed by atoms with E-state index >= 15 is 0 Å². The van der Waals surface area contributed by atoms with Crippen molar-refractivity contribution < 1.29 is 4.79 Å². The van der Waals surface area contributed by atoms with E-state index in [4.69, 9.17) is 0 Å². The minimum absolute atomic E-state index is 0.269. The van der Waals surface area contributed by atoms with Crippen molar-refractivity contribution in [3.63, 3.8) is 0 Å². The minimum atomic E-state index is -0.269. The van der Waals surface area contributed by atoms with Gasteiger partial charge in [-0.2, -0.15) is 5.10 Å². The van der Waals surface area contributed by atoms with Gasteiger partial charge in [-0.05, 0) is 37.8 Å². The molecule has 2 amide bonds. The number of carbonyl (C=O) groups is 1. The fourth-order valence-electron chi connectivity index (χ4n) is 2.94. The number of nitrogens with one attached hydrogen (secondary N) is 2. The van der Waals surface area contributed by atoms with Crippen molar-refractivity contribution in [2.75, 3.05) is 5.32 Å². The zero-order chi connectivity index (χ0) is 16.2. The highest BCUT2D eigenvalue weighted by molar-refractivity contribution is 5.91. The summed E-state index contributed by atoms with van der Waals surface area (Å²) in [6, 6.07) is 9.18. The summed E-state index contributed by atoms with van der Waals surface area (Å²) in [6.45, 7) is 0. The Labute approximate surface area is 139 Å². The van der Waals surface area contributed by atoms with E-state index in [1.54, 1.807) is 0 Å². The van der Waals surface area contributed by atoms with E-state index in [9.17, 15) is 4.79 Å². The van der Waals surface area contributed by atoms with Crippen LogP contribution in [-0.2, 0) is 0 Å². The second-order valence-electron chi connectivity index (χ2n) is 6.29. The third kappa shape index (κ3) is 7.82. The van der Waals surface area contributed by atoms with Crippen molar-refractivity contribution >= 4 is 17.4 Å². The summed E-state index contributed by atoms with van der Waals surface area (Å²) in [7, 11) is 0. The van der Waals surface area contributed by atoms with Crippen LogP contribution in [0.5, 0.6) is 0 Å². The number of urea groups is 1. The summed E-state index contributed by atoms with van der Waals surface area (Å²) < 4.78 is 0. The maximum Gasteiger partial charge on any atom is 0.339 e. The van der Waals surface area contributed by atoms with Gasteiger partial charge in [0.25, 0.3) is 0 Å². The summed E-state index contributed by atoms with van der Waals surface area (Å²) in [6.07, 6.45) is 13.7. The fourth-order valence-corrected chi connectivity index (χ4v) is 2.94. The number of hydrogen-bond donors (Lipinski definition) is 2. The van der Waals surface area contributed by atoms with Gasteiger partial charge in [-0.1, -0.05) is 63.1 Å². The van der Waals surface area contributed by atoms with E-state index in [1.165, 1.54) is 57.8 Å². The number of anilines is 1. The number of hydrogen-bond acceptors (Lipinski definition) is 2. The molecule has 1 saturated carbocycles. The van der Waals surface area contributed by atoms with E-state index in [0.29, 0.717) is 0 Å². The number of hydrazone groups is 1. The molecule has 4 nitrogen and oxygen atoms in total. The van der Waals surface area contributed by atoms with Gasteiger partial charge in [-0.25, -0.2) is 10.2 Å². The molecule has 1 aliphatic rings. The van der Waals surface area contributed by atoms with E-state index in [2.05, 4.69) is 15.8 Å². The first-order chi connectivity index (χ1) is 11.3. The van der Waals surface area contributed by atoms with Gasteiger partial charge in [0.05, 0.1) is 0 Å². The molecular weight excluding hydrogens is 286 g/mol. The molecule has 23 heavy (non-hydrogen) atoms. The van der Waals surface area contributed by atoms with Gasteiger partial charge in [0.1, 0.15) is 0 Å². The first-order valence-corrected chi connectivity index (χ1v) is 9.02. The van der Waals surface area contributed by atoms with Crippen molar-refractivity contribution in [2.24, 2.45) is 5.10 Å². The Bertz CT molecular complexity index is 471. The fraction of sp³-hybridized carbons (Fsp3) is 0.579. The van der Waals surface area contributed by atoms with Gasteiger partial charge in [0.15, 0.2) is 0 Å². The van der Waals surface area contributed by atoms with Gasteiger partial charge >= 0.3 is 6.03 Å². The lowest BCUT2D eigenvalue weighted by molar-refractivity contribution is 0.252. The Morgan fingerprint density at radius 2 is 1.30 bits per heavy atom. The number of nitrogens with zero attached hydrogens (tertiary/aromatic N) is 1. The zero-order valence-electron chi connectivity index (χ0n) is 14.0. The van der Waals surface area contributed by atoms with Crippen LogP contribution in [-0.4, -0.2) is 11.7 Å². The molecule has 0 aliphatic heterocycles. The number of amides is 2. The molecule has 0 spiro atoms. The molecule has 0 saturated heterocycles. The van der Waals surface area contributed by atoms with Crippen LogP contribution in [0, 0.1) is 0 Å². The number of rotatable bonds is 2. The van der Waals surface area contributed by atoms with Crippen LogP contribution in [0.3, 0.4) is 0 Å². The summed E-state index contributed by atoms with van der Waals surface area (Å²) >= 11 is 0. The predicted molar refractivity (Wildman–Crippen MR) is 96.8 cm³/mol. The summed E-state index contributed by atoms with van der Waals surface area (Å²) in [5, 5.41) is 7.15. The standard InChI is InChI=1S/C19H29N3O/c23-19(20-17-13-11-8-12-14-17)22-21-18-15-9-6-4-2-1-3-5-7-10-16-18/h8,11-14H,1-7,9-10,15-16H2,(H2,20,22,23). The smallest absolute Gasteiger partial charge is 0.307 e. The van der Waals surface area contributed by atoms with Crippen LogP contribution < -0.4 is 10.7 Å². The number of carbonyl (C=O) groups excluding carboxylic acids is 1. The Hall–Kier alpha value is -1.84. The molecule has 1 fully saturated rings. The topological polar surface area (TPSA) is 53.5 Å². The molecule has 1 aliphatic carbocycles. The van der Waals surface area contributed by atoms with Crippen molar-refractivity contribution in [3.05, 3.63) is 30.3 Å². The summed E-state index contributed by atoms with van der Waals surface area (Å²) in [5.41, 5.74) is 4.57. The normalized spacial score (nSPS) is 17.5. The lowest BCUT2D eigenvalue weighted by atomic mass is 10.00. The molecule has 2 rings (SSSR count). The monoisotopic (exact) mass is 315 g/mol. The summed E-state index contributed by atoms with van der Waals surface area (Å²) in [5.74, 6) is 0. The SMILES string of the molecule is O=C(NN=C1CCCCCCCCCCC1)Nc1ccccc1. The maximum absolute atomic E-state index is 11.9. The van der Waals surface area contributed by atoms with Crippen LogP contribution >= 0.6 is 0 Å². The highest BCUT2D eigenvalue weighted by Crippen LogP contribution is 2.15. The van der Waals surface area contributed by atoms with E-state index in [-0.39, 0.29) is 6.03 Å². The molecule has 0 unspecified atom stereocenters. The Morgan fingerprint density at radius 1 is 0.783 bits per heavy atom. The van der Waals surface area contributed by atoms with Crippen LogP contribution in [0.1, 0.15) is 70.6 Å². The highest BCUT2D eigenvalue weighted by atomic mass is 16.2. The zero-order valence-corrected chi connectivity index (χ0v) is 14.0. The van der Waals surface area contributed by atoms with Gasteiger partial charge in [0.2, 0.25) is 0 Å². The largest absolute Gasteiger partial charge is 0.339 e. The molecule has 2 N–H and O–H groups in total. The second kappa shape index (κ2) is 10.8. The van der Waals surface area contributed by atoms with Crippen LogP contribution in [0.2, 0.25) is 0 Å². The van der Waals surface area contributed by atoms with Gasteiger partial charge < -0.3 is 5.32 Å². The molecule has 1 aromatic rings. The Kier molecular flexibility index (Phi) is 8.23. The van der Waals surface area contributed by atoms with Gasteiger partial charge in [0, 0.05) is 11.4 Å². The van der Waals surface area contributed by atoms with E-state index in [0.717, 1.165) is 24.2 Å². The average Bonchev–Trinajstić information content (AvgIpc) is 2.55. The second-order valence-corrected chi connectivity index (χ2v) is 6.29. The predicted octanol–water partition coefficient (Wildman–Crippen LogP) is 5.47. The van der Waals surface area contributed by atoms with E-state index < -0.39 is 0 Å². The average molecular weight is 315 g/mol. The lowest BCUT2D eigenvalue weighted by Gasteiger charge is -2.10. The van der Waals surface area contributed by atoms with Crippen molar-refractivity contribution in [1.82, 2.24) is 5.43 Å². The van der Waals surface area contributed by atoms with Crippen LogP contribution in [0.25, 0.3) is 0 Å². The molecule has 0 atom stereocenters. The molecule has 0 heterocycles. The van der Waals surface area contributed by atoms with Gasteiger partial charge in [-0.15, -0.1) is 0 Å². The lowest BCUT2D eigenvalue weighted by Crippen LogP contribution is -2.25. The van der Waals surface area contributed by atoms with Crippen LogP contribution in [0.15, 0.2) is 35.4 Å². The molecule has 0 bridgehead atoms.